The molecule has 0 heterocycles. The lowest BCUT2D eigenvalue weighted by Gasteiger charge is -2.08. The molecule has 0 aliphatic rings. The third kappa shape index (κ3) is 3.22. The monoisotopic (exact) mass is 300 g/mol. The Kier molecular flexibility index (Phi) is 4.78. The zero-order valence-corrected chi connectivity index (χ0v) is 11.0. The molecule has 5 heteroatoms. The van der Waals surface area contributed by atoms with Gasteiger partial charge in [0, 0.05) is 10.2 Å². The number of hydrogen-bond acceptors (Lipinski definition) is 2. The standard InChI is InChI=1S/C11H10BrClN2O/c1-2-7(6-14)11(16)15-8-3-4-10(13)9(12)5-8/h3-5,7H,2H2,1H3,(H,15,16). The quantitative estimate of drug-likeness (QED) is 0.927. The summed E-state index contributed by atoms with van der Waals surface area (Å²) < 4.78 is 0.706. The Morgan fingerprint density at radius 3 is 2.88 bits per heavy atom. The maximum atomic E-state index is 11.6. The third-order valence-electron chi connectivity index (χ3n) is 2.07. The van der Waals surface area contributed by atoms with E-state index in [4.69, 9.17) is 16.9 Å². The predicted octanol–water partition coefficient (Wildman–Crippen LogP) is 3.59. The molecule has 1 atom stereocenters. The molecule has 0 aliphatic carbocycles. The maximum absolute atomic E-state index is 11.6. The molecule has 1 N–H and O–H groups in total. The van der Waals surface area contributed by atoms with E-state index in [1.807, 2.05) is 6.07 Å². The van der Waals surface area contributed by atoms with Gasteiger partial charge in [-0.25, -0.2) is 0 Å². The summed E-state index contributed by atoms with van der Waals surface area (Å²) in [5.41, 5.74) is 0.620. The van der Waals surface area contributed by atoms with Crippen LogP contribution in [0.5, 0.6) is 0 Å². The van der Waals surface area contributed by atoms with Gasteiger partial charge in [-0.15, -0.1) is 0 Å². The van der Waals surface area contributed by atoms with E-state index >= 15 is 0 Å². The number of anilines is 1. The molecule has 0 aromatic heterocycles. The Morgan fingerprint density at radius 2 is 2.38 bits per heavy atom. The van der Waals surface area contributed by atoms with Crippen molar-refractivity contribution in [3.05, 3.63) is 27.7 Å². The number of carbonyl (C=O) groups excluding carboxylic acids is 1. The van der Waals surface area contributed by atoms with Crippen LogP contribution in [0.3, 0.4) is 0 Å². The van der Waals surface area contributed by atoms with Gasteiger partial charge in [0.2, 0.25) is 5.91 Å². The van der Waals surface area contributed by atoms with Crippen molar-refractivity contribution in [1.29, 1.82) is 5.26 Å². The van der Waals surface area contributed by atoms with E-state index in [2.05, 4.69) is 21.2 Å². The van der Waals surface area contributed by atoms with E-state index in [0.29, 0.717) is 21.6 Å². The van der Waals surface area contributed by atoms with Crippen LogP contribution in [-0.2, 0) is 4.79 Å². The SMILES string of the molecule is CCC(C#N)C(=O)Nc1ccc(Cl)c(Br)c1. The maximum Gasteiger partial charge on any atom is 0.241 e. The van der Waals surface area contributed by atoms with Crippen LogP contribution in [0.25, 0.3) is 0 Å². The van der Waals surface area contributed by atoms with Gasteiger partial charge in [-0.05, 0) is 40.5 Å². The first-order valence-corrected chi connectivity index (χ1v) is 5.91. The summed E-state index contributed by atoms with van der Waals surface area (Å²) in [5, 5.41) is 12.0. The van der Waals surface area contributed by atoms with Gasteiger partial charge in [0.15, 0.2) is 0 Å². The van der Waals surface area contributed by atoms with Crippen LogP contribution in [0.15, 0.2) is 22.7 Å². The lowest BCUT2D eigenvalue weighted by atomic mass is 10.1. The molecule has 0 saturated heterocycles. The zero-order chi connectivity index (χ0) is 12.1. The van der Waals surface area contributed by atoms with Crippen molar-refractivity contribution in [2.75, 3.05) is 5.32 Å². The molecule has 0 fully saturated rings. The second-order valence-corrected chi connectivity index (χ2v) is 4.47. The van der Waals surface area contributed by atoms with Crippen molar-refractivity contribution >= 4 is 39.1 Å². The second-order valence-electron chi connectivity index (χ2n) is 3.21. The fourth-order valence-corrected chi connectivity index (χ4v) is 1.63. The molecular weight excluding hydrogens is 291 g/mol. The summed E-state index contributed by atoms with van der Waals surface area (Å²) in [7, 11) is 0. The van der Waals surface area contributed by atoms with Crippen LogP contribution in [0.4, 0.5) is 5.69 Å². The van der Waals surface area contributed by atoms with Crippen LogP contribution >= 0.6 is 27.5 Å². The van der Waals surface area contributed by atoms with E-state index in [0.717, 1.165) is 0 Å². The highest BCUT2D eigenvalue weighted by Crippen LogP contribution is 2.25. The summed E-state index contributed by atoms with van der Waals surface area (Å²) in [4.78, 5) is 11.6. The van der Waals surface area contributed by atoms with Crippen molar-refractivity contribution in [3.8, 4) is 6.07 Å². The molecule has 0 saturated carbocycles. The van der Waals surface area contributed by atoms with Crippen LogP contribution in [-0.4, -0.2) is 5.91 Å². The average molecular weight is 302 g/mol. The summed E-state index contributed by atoms with van der Waals surface area (Å²) in [6.45, 7) is 1.80. The minimum atomic E-state index is -0.616. The fourth-order valence-electron chi connectivity index (χ4n) is 1.14. The molecule has 1 unspecified atom stereocenters. The molecule has 1 aromatic rings. The highest BCUT2D eigenvalue weighted by atomic mass is 79.9. The molecule has 84 valence electrons. The number of halogens is 2. The van der Waals surface area contributed by atoms with Crippen molar-refractivity contribution in [3.63, 3.8) is 0 Å². The first-order valence-electron chi connectivity index (χ1n) is 4.74. The van der Waals surface area contributed by atoms with E-state index in [-0.39, 0.29) is 5.91 Å². The Bertz CT molecular complexity index is 442. The number of hydrogen-bond donors (Lipinski definition) is 1. The van der Waals surface area contributed by atoms with Crippen molar-refractivity contribution in [1.82, 2.24) is 0 Å². The van der Waals surface area contributed by atoms with Crippen molar-refractivity contribution in [2.45, 2.75) is 13.3 Å². The molecular formula is C11H10BrClN2O. The molecule has 3 nitrogen and oxygen atoms in total. The summed E-state index contributed by atoms with van der Waals surface area (Å²) in [6.07, 6.45) is 0.497. The van der Waals surface area contributed by atoms with Gasteiger partial charge in [-0.2, -0.15) is 5.26 Å². The van der Waals surface area contributed by atoms with E-state index < -0.39 is 5.92 Å². The largest absolute Gasteiger partial charge is 0.325 e. The average Bonchev–Trinajstić information content (AvgIpc) is 2.25. The fraction of sp³-hybridized carbons (Fsp3) is 0.273. The number of nitrogens with zero attached hydrogens (tertiary/aromatic N) is 1. The lowest BCUT2D eigenvalue weighted by molar-refractivity contribution is -0.118. The summed E-state index contributed by atoms with van der Waals surface area (Å²) in [6, 6.07) is 7.01. The number of rotatable bonds is 3. The molecule has 16 heavy (non-hydrogen) atoms. The number of benzene rings is 1. The van der Waals surface area contributed by atoms with Crippen molar-refractivity contribution < 1.29 is 4.79 Å². The van der Waals surface area contributed by atoms with Gasteiger partial charge in [-0.1, -0.05) is 18.5 Å². The first kappa shape index (κ1) is 13.0. The van der Waals surface area contributed by atoms with Crippen LogP contribution in [0.2, 0.25) is 5.02 Å². The summed E-state index contributed by atoms with van der Waals surface area (Å²) in [5.74, 6) is -0.909. The first-order chi connectivity index (χ1) is 7.58. The van der Waals surface area contributed by atoms with Gasteiger partial charge in [0.1, 0.15) is 5.92 Å². The van der Waals surface area contributed by atoms with Gasteiger partial charge in [-0.3, -0.25) is 4.79 Å². The van der Waals surface area contributed by atoms with Crippen LogP contribution in [0, 0.1) is 17.2 Å². The second kappa shape index (κ2) is 5.88. The topological polar surface area (TPSA) is 52.9 Å². The number of nitrogens with one attached hydrogen (secondary N) is 1. The molecule has 1 aromatic carbocycles. The van der Waals surface area contributed by atoms with Gasteiger partial charge >= 0.3 is 0 Å². The molecule has 0 bridgehead atoms. The Labute approximate surface area is 108 Å². The van der Waals surface area contributed by atoms with Crippen LogP contribution < -0.4 is 5.32 Å². The lowest BCUT2D eigenvalue weighted by Crippen LogP contribution is -2.20. The number of nitriles is 1. The Hall–Kier alpha value is -1.05. The highest BCUT2D eigenvalue weighted by Gasteiger charge is 2.15. The molecule has 0 aliphatic heterocycles. The molecule has 0 spiro atoms. The van der Waals surface area contributed by atoms with E-state index in [1.54, 1.807) is 25.1 Å². The Balaban J connectivity index is 2.78. The molecule has 1 amide bonds. The van der Waals surface area contributed by atoms with Gasteiger partial charge in [0.05, 0.1) is 11.1 Å². The number of amides is 1. The van der Waals surface area contributed by atoms with Gasteiger partial charge in [0.25, 0.3) is 0 Å². The molecule has 0 radical (unpaired) electrons. The minimum Gasteiger partial charge on any atom is -0.325 e. The summed E-state index contributed by atoms with van der Waals surface area (Å²) >= 11 is 9.08. The van der Waals surface area contributed by atoms with Crippen LogP contribution in [0.1, 0.15) is 13.3 Å². The van der Waals surface area contributed by atoms with Crippen molar-refractivity contribution in [2.24, 2.45) is 5.92 Å². The smallest absolute Gasteiger partial charge is 0.241 e. The molecule has 1 rings (SSSR count). The highest BCUT2D eigenvalue weighted by molar-refractivity contribution is 9.10. The number of carbonyl (C=O) groups is 1. The van der Waals surface area contributed by atoms with E-state index in [1.165, 1.54) is 0 Å². The predicted molar refractivity (Wildman–Crippen MR) is 67.2 cm³/mol. The van der Waals surface area contributed by atoms with Gasteiger partial charge < -0.3 is 5.32 Å². The normalized spacial score (nSPS) is 11.6. The minimum absolute atomic E-state index is 0.292. The third-order valence-corrected chi connectivity index (χ3v) is 3.28. The van der Waals surface area contributed by atoms with E-state index in [9.17, 15) is 4.79 Å². The Morgan fingerprint density at radius 1 is 1.69 bits per heavy atom. The zero-order valence-electron chi connectivity index (χ0n) is 8.63.